The van der Waals surface area contributed by atoms with Gasteiger partial charge in [0, 0.05) is 6.54 Å². The fourth-order valence-corrected chi connectivity index (χ4v) is 2.97. The number of carbonyl (C=O) groups excluding carboxylic acids is 1. The van der Waals surface area contributed by atoms with Gasteiger partial charge in [-0.05, 0) is 42.5 Å². The first kappa shape index (κ1) is 16.1. The number of amides is 1. The highest BCUT2D eigenvalue weighted by atomic mass is 32.2. The minimum absolute atomic E-state index is 0.0698. The number of rotatable bonds is 7. The summed E-state index contributed by atoms with van der Waals surface area (Å²) in [6.07, 6.45) is 3.87. The Labute approximate surface area is 129 Å². The standard InChI is InChI=1S/C15H21FN2O2S/c1-20-13-6-5-11(9-12(13)16)15-17-10-14(19)18(15)7-3-4-8-21-2/h5-6,9,15,17H,3-4,7-8,10H2,1-2H3. The van der Waals surface area contributed by atoms with E-state index in [1.807, 2.05) is 0 Å². The Balaban J connectivity index is 2.06. The van der Waals surface area contributed by atoms with Crippen LogP contribution in [0, 0.1) is 5.82 Å². The van der Waals surface area contributed by atoms with Crippen molar-refractivity contribution in [1.29, 1.82) is 0 Å². The van der Waals surface area contributed by atoms with E-state index in [4.69, 9.17) is 4.74 Å². The van der Waals surface area contributed by atoms with E-state index in [2.05, 4.69) is 11.6 Å². The van der Waals surface area contributed by atoms with E-state index in [0.717, 1.165) is 24.2 Å². The average molecular weight is 312 g/mol. The van der Waals surface area contributed by atoms with Crippen molar-refractivity contribution in [3.63, 3.8) is 0 Å². The van der Waals surface area contributed by atoms with Crippen LogP contribution >= 0.6 is 11.8 Å². The van der Waals surface area contributed by atoms with Crippen molar-refractivity contribution in [2.75, 3.05) is 32.2 Å². The number of benzene rings is 1. The van der Waals surface area contributed by atoms with Crippen LogP contribution in [0.5, 0.6) is 5.75 Å². The molecule has 1 amide bonds. The summed E-state index contributed by atoms with van der Waals surface area (Å²) in [5.41, 5.74) is 0.754. The van der Waals surface area contributed by atoms with Crippen LogP contribution < -0.4 is 10.1 Å². The lowest BCUT2D eigenvalue weighted by Gasteiger charge is -2.25. The second-order valence-electron chi connectivity index (χ2n) is 4.96. The number of ether oxygens (including phenoxy) is 1. The number of methoxy groups -OCH3 is 1. The molecule has 0 aromatic heterocycles. The molecule has 1 fully saturated rings. The first-order valence-corrected chi connectivity index (χ1v) is 8.42. The van der Waals surface area contributed by atoms with Gasteiger partial charge in [0.05, 0.1) is 13.7 Å². The van der Waals surface area contributed by atoms with Gasteiger partial charge in [0.15, 0.2) is 11.6 Å². The molecule has 6 heteroatoms. The molecule has 1 heterocycles. The van der Waals surface area contributed by atoms with Gasteiger partial charge in [-0.2, -0.15) is 11.8 Å². The van der Waals surface area contributed by atoms with E-state index in [0.29, 0.717) is 13.1 Å². The predicted octanol–water partition coefficient (Wildman–Crippen LogP) is 2.41. The van der Waals surface area contributed by atoms with Gasteiger partial charge in [-0.15, -0.1) is 0 Å². The lowest BCUT2D eigenvalue weighted by Crippen LogP contribution is -2.31. The summed E-state index contributed by atoms with van der Waals surface area (Å²) < 4.78 is 18.7. The molecule has 4 nitrogen and oxygen atoms in total. The lowest BCUT2D eigenvalue weighted by molar-refractivity contribution is -0.128. The van der Waals surface area contributed by atoms with Gasteiger partial charge in [-0.1, -0.05) is 6.07 Å². The van der Waals surface area contributed by atoms with Crippen LogP contribution in [0.15, 0.2) is 18.2 Å². The maximum absolute atomic E-state index is 13.8. The molecule has 1 atom stereocenters. The van der Waals surface area contributed by atoms with Gasteiger partial charge in [-0.3, -0.25) is 10.1 Å². The molecular formula is C15H21FN2O2S. The Hall–Kier alpha value is -1.27. The number of hydrogen-bond donors (Lipinski definition) is 1. The molecule has 1 aliphatic heterocycles. The van der Waals surface area contributed by atoms with Crippen molar-refractivity contribution < 1.29 is 13.9 Å². The number of carbonyl (C=O) groups is 1. The first-order chi connectivity index (χ1) is 10.2. The highest BCUT2D eigenvalue weighted by Gasteiger charge is 2.31. The zero-order valence-corrected chi connectivity index (χ0v) is 13.2. The molecule has 1 aromatic rings. The number of thioether (sulfide) groups is 1. The number of nitrogens with one attached hydrogen (secondary N) is 1. The highest BCUT2D eigenvalue weighted by Crippen LogP contribution is 2.27. The summed E-state index contributed by atoms with van der Waals surface area (Å²) in [6, 6.07) is 4.83. The largest absolute Gasteiger partial charge is 0.494 e. The zero-order chi connectivity index (χ0) is 15.2. The quantitative estimate of drug-likeness (QED) is 0.785. The van der Waals surface area contributed by atoms with Crippen LogP contribution in [0.3, 0.4) is 0 Å². The topological polar surface area (TPSA) is 41.6 Å². The molecule has 1 unspecified atom stereocenters. The van der Waals surface area contributed by atoms with Gasteiger partial charge in [0.25, 0.3) is 0 Å². The predicted molar refractivity (Wildman–Crippen MR) is 83.0 cm³/mol. The molecular weight excluding hydrogens is 291 g/mol. The lowest BCUT2D eigenvalue weighted by atomic mass is 10.1. The Morgan fingerprint density at radius 2 is 2.29 bits per heavy atom. The molecule has 0 bridgehead atoms. The summed E-state index contributed by atoms with van der Waals surface area (Å²) in [6.45, 7) is 1.01. The molecule has 0 spiro atoms. The Morgan fingerprint density at radius 1 is 1.48 bits per heavy atom. The smallest absolute Gasteiger partial charge is 0.238 e. The average Bonchev–Trinajstić information content (AvgIpc) is 2.85. The van der Waals surface area contributed by atoms with Crippen LogP contribution in [-0.2, 0) is 4.79 Å². The second-order valence-corrected chi connectivity index (χ2v) is 5.95. The summed E-state index contributed by atoms with van der Waals surface area (Å²) in [4.78, 5) is 13.8. The maximum atomic E-state index is 13.8. The molecule has 21 heavy (non-hydrogen) atoms. The Kier molecular flexibility index (Phi) is 5.87. The molecule has 0 aliphatic carbocycles. The van der Waals surface area contributed by atoms with Gasteiger partial charge in [0.2, 0.25) is 5.91 Å². The number of hydrogen-bond acceptors (Lipinski definition) is 4. The van der Waals surface area contributed by atoms with Crippen LogP contribution in [0.1, 0.15) is 24.6 Å². The van der Waals surface area contributed by atoms with Gasteiger partial charge in [-0.25, -0.2) is 4.39 Å². The summed E-state index contributed by atoms with van der Waals surface area (Å²) >= 11 is 1.81. The van der Waals surface area contributed by atoms with Crippen LogP contribution in [0.4, 0.5) is 4.39 Å². The maximum Gasteiger partial charge on any atom is 0.238 e. The minimum Gasteiger partial charge on any atom is -0.494 e. The van der Waals surface area contributed by atoms with Crippen LogP contribution in [0.2, 0.25) is 0 Å². The first-order valence-electron chi connectivity index (χ1n) is 7.02. The van der Waals surface area contributed by atoms with E-state index in [1.165, 1.54) is 13.2 Å². The third-order valence-corrected chi connectivity index (χ3v) is 4.26. The van der Waals surface area contributed by atoms with Gasteiger partial charge >= 0.3 is 0 Å². The van der Waals surface area contributed by atoms with E-state index < -0.39 is 5.82 Å². The minimum atomic E-state index is -0.404. The molecule has 116 valence electrons. The van der Waals surface area contributed by atoms with E-state index >= 15 is 0 Å². The van der Waals surface area contributed by atoms with Gasteiger partial charge in [0.1, 0.15) is 6.17 Å². The Morgan fingerprint density at radius 3 is 2.95 bits per heavy atom. The van der Waals surface area contributed by atoms with E-state index in [-0.39, 0.29) is 17.8 Å². The van der Waals surface area contributed by atoms with E-state index in [9.17, 15) is 9.18 Å². The molecule has 0 radical (unpaired) electrons. The SMILES string of the molecule is COc1ccc(C2NCC(=O)N2CCCCSC)cc1F. The van der Waals surface area contributed by atoms with Crippen molar-refractivity contribution in [1.82, 2.24) is 10.2 Å². The monoisotopic (exact) mass is 312 g/mol. The molecule has 2 rings (SSSR count). The molecule has 1 N–H and O–H groups in total. The van der Waals surface area contributed by atoms with E-state index in [1.54, 1.807) is 28.8 Å². The van der Waals surface area contributed by atoms with Crippen LogP contribution in [0.25, 0.3) is 0 Å². The number of halogens is 1. The fourth-order valence-electron chi connectivity index (χ4n) is 2.47. The van der Waals surface area contributed by atoms with Crippen molar-refractivity contribution >= 4 is 17.7 Å². The van der Waals surface area contributed by atoms with Crippen molar-refractivity contribution in [3.05, 3.63) is 29.6 Å². The zero-order valence-electron chi connectivity index (χ0n) is 12.4. The molecule has 1 saturated heterocycles. The fraction of sp³-hybridized carbons (Fsp3) is 0.533. The summed E-state index contributed by atoms with van der Waals surface area (Å²) in [5.74, 6) is 0.977. The summed E-state index contributed by atoms with van der Waals surface area (Å²) in [5, 5.41) is 3.14. The third-order valence-electron chi connectivity index (χ3n) is 3.57. The van der Waals surface area contributed by atoms with Gasteiger partial charge < -0.3 is 9.64 Å². The van der Waals surface area contributed by atoms with Crippen LogP contribution in [-0.4, -0.2) is 43.0 Å². The summed E-state index contributed by atoms with van der Waals surface area (Å²) in [7, 11) is 1.44. The van der Waals surface area contributed by atoms with Crippen molar-refractivity contribution in [2.24, 2.45) is 0 Å². The molecule has 0 saturated carbocycles. The highest BCUT2D eigenvalue weighted by molar-refractivity contribution is 7.98. The number of unbranched alkanes of at least 4 members (excludes halogenated alkanes) is 1. The number of nitrogens with zero attached hydrogens (tertiary/aromatic N) is 1. The van der Waals surface area contributed by atoms with Crippen molar-refractivity contribution in [3.8, 4) is 5.75 Å². The second kappa shape index (κ2) is 7.66. The normalized spacial score (nSPS) is 18.3. The molecule has 1 aliphatic rings. The third kappa shape index (κ3) is 3.89. The molecule has 1 aromatic carbocycles. The Bertz CT molecular complexity index is 499. The van der Waals surface area contributed by atoms with Crippen molar-refractivity contribution in [2.45, 2.75) is 19.0 Å².